The van der Waals surface area contributed by atoms with Crippen LogP contribution in [0.2, 0.25) is 0 Å². The molecule has 18 heavy (non-hydrogen) atoms. The predicted molar refractivity (Wildman–Crippen MR) is 73.4 cm³/mol. The molecule has 2 N–H and O–H groups in total. The minimum Gasteiger partial charge on any atom is -0.382 e. The van der Waals surface area contributed by atoms with Crippen molar-refractivity contribution < 1.29 is 13.2 Å². The topological polar surface area (TPSA) is 67.4 Å². The van der Waals surface area contributed by atoms with Gasteiger partial charge in [0.05, 0.1) is 0 Å². The molecule has 0 spiro atoms. The first-order valence-electron chi connectivity index (χ1n) is 5.91. The highest BCUT2D eigenvalue weighted by Crippen LogP contribution is 2.21. The summed E-state index contributed by atoms with van der Waals surface area (Å²) in [6, 6.07) is 3.47. The lowest BCUT2D eigenvalue weighted by atomic mass is 10.5. The first-order chi connectivity index (χ1) is 8.60. The highest BCUT2D eigenvalue weighted by Gasteiger charge is 2.15. The maximum Gasteiger partial charge on any atom is 0.250 e. The number of hydrogen-bond acceptors (Lipinski definition) is 5. The Kier molecular flexibility index (Phi) is 6.80. The normalized spacial score (nSPS) is 11.9. The Balaban J connectivity index is 2.46. The standard InChI is InChI=1S/C11H20N2O3S2/c1-3-16-8-4-7-13-18(14,15)11-6-5-10(17-11)9-12-2/h5-6,12-13H,3-4,7-9H2,1-2H3. The van der Waals surface area contributed by atoms with Crippen LogP contribution in [0.5, 0.6) is 0 Å². The lowest BCUT2D eigenvalue weighted by molar-refractivity contribution is 0.146. The van der Waals surface area contributed by atoms with Crippen molar-refractivity contribution in [3.05, 3.63) is 17.0 Å². The van der Waals surface area contributed by atoms with Crippen LogP contribution in [0.4, 0.5) is 0 Å². The Labute approximate surface area is 113 Å². The molecule has 0 saturated heterocycles. The van der Waals surface area contributed by atoms with Gasteiger partial charge in [-0.05, 0) is 32.5 Å². The molecule has 1 aromatic rings. The minimum absolute atomic E-state index is 0.365. The summed E-state index contributed by atoms with van der Waals surface area (Å²) in [4.78, 5) is 1.01. The number of rotatable bonds is 9. The SMILES string of the molecule is CCOCCCNS(=O)(=O)c1ccc(CNC)s1. The molecule has 7 heteroatoms. The lowest BCUT2D eigenvalue weighted by Gasteiger charge is -2.04. The molecule has 0 unspecified atom stereocenters. The first-order valence-corrected chi connectivity index (χ1v) is 8.21. The van der Waals surface area contributed by atoms with Crippen LogP contribution in [0.3, 0.4) is 0 Å². The van der Waals surface area contributed by atoms with Gasteiger partial charge >= 0.3 is 0 Å². The first kappa shape index (κ1) is 15.6. The summed E-state index contributed by atoms with van der Waals surface area (Å²) in [5.74, 6) is 0. The van der Waals surface area contributed by atoms with Crippen molar-refractivity contribution in [3.8, 4) is 0 Å². The van der Waals surface area contributed by atoms with Gasteiger partial charge in [-0.1, -0.05) is 0 Å². The predicted octanol–water partition coefficient (Wildman–Crippen LogP) is 1.17. The van der Waals surface area contributed by atoms with E-state index >= 15 is 0 Å². The van der Waals surface area contributed by atoms with Crippen molar-refractivity contribution in [1.29, 1.82) is 0 Å². The molecule has 0 aliphatic rings. The Morgan fingerprint density at radius 2 is 2.17 bits per heavy atom. The van der Waals surface area contributed by atoms with Crippen LogP contribution in [-0.2, 0) is 21.3 Å². The molecule has 104 valence electrons. The summed E-state index contributed by atoms with van der Waals surface area (Å²) in [6.07, 6.45) is 0.682. The van der Waals surface area contributed by atoms with E-state index in [0.29, 0.717) is 36.9 Å². The summed E-state index contributed by atoms with van der Waals surface area (Å²) in [7, 11) is -1.53. The van der Waals surface area contributed by atoms with Gasteiger partial charge in [-0.2, -0.15) is 0 Å². The van der Waals surface area contributed by atoms with Gasteiger partial charge in [0, 0.05) is 31.2 Å². The Hall–Kier alpha value is -0.470. The van der Waals surface area contributed by atoms with Gasteiger partial charge in [0.2, 0.25) is 10.0 Å². The van der Waals surface area contributed by atoms with Crippen LogP contribution >= 0.6 is 11.3 Å². The second-order valence-corrected chi connectivity index (χ2v) is 6.86. The van der Waals surface area contributed by atoms with Crippen molar-refractivity contribution in [1.82, 2.24) is 10.0 Å². The smallest absolute Gasteiger partial charge is 0.250 e. The summed E-state index contributed by atoms with van der Waals surface area (Å²) in [5, 5.41) is 2.99. The summed E-state index contributed by atoms with van der Waals surface area (Å²) >= 11 is 1.29. The van der Waals surface area contributed by atoms with Gasteiger partial charge in [0.1, 0.15) is 4.21 Å². The van der Waals surface area contributed by atoms with Gasteiger partial charge in [-0.25, -0.2) is 13.1 Å². The van der Waals surface area contributed by atoms with Crippen LogP contribution in [-0.4, -0.2) is 35.2 Å². The van der Waals surface area contributed by atoms with E-state index < -0.39 is 10.0 Å². The molecule has 0 amide bonds. The fourth-order valence-electron chi connectivity index (χ4n) is 1.37. The van der Waals surface area contributed by atoms with E-state index in [4.69, 9.17) is 4.74 Å². The molecule has 0 fully saturated rings. The Morgan fingerprint density at radius 1 is 1.39 bits per heavy atom. The van der Waals surface area contributed by atoms with Crippen LogP contribution < -0.4 is 10.0 Å². The molecule has 0 aliphatic carbocycles. The fourth-order valence-corrected chi connectivity index (χ4v) is 3.85. The van der Waals surface area contributed by atoms with Crippen LogP contribution in [0.1, 0.15) is 18.2 Å². The van der Waals surface area contributed by atoms with E-state index in [-0.39, 0.29) is 0 Å². The largest absolute Gasteiger partial charge is 0.382 e. The molecule has 1 heterocycles. The maximum absolute atomic E-state index is 11.9. The zero-order valence-electron chi connectivity index (χ0n) is 10.7. The van der Waals surface area contributed by atoms with E-state index in [9.17, 15) is 8.42 Å². The van der Waals surface area contributed by atoms with E-state index in [1.54, 1.807) is 6.07 Å². The zero-order chi connectivity index (χ0) is 13.4. The van der Waals surface area contributed by atoms with E-state index in [0.717, 1.165) is 4.88 Å². The molecule has 0 aliphatic heterocycles. The molecule has 1 rings (SSSR count). The number of thiophene rings is 1. The average molecular weight is 292 g/mol. The van der Waals surface area contributed by atoms with Crippen molar-refractivity contribution in [3.63, 3.8) is 0 Å². The Morgan fingerprint density at radius 3 is 2.83 bits per heavy atom. The zero-order valence-corrected chi connectivity index (χ0v) is 12.4. The van der Waals surface area contributed by atoms with Crippen LogP contribution in [0, 0.1) is 0 Å². The van der Waals surface area contributed by atoms with Gasteiger partial charge in [0.15, 0.2) is 0 Å². The number of hydrogen-bond donors (Lipinski definition) is 2. The van der Waals surface area contributed by atoms with E-state index in [2.05, 4.69) is 10.0 Å². The van der Waals surface area contributed by atoms with Crippen molar-refractivity contribution in [2.45, 2.75) is 24.1 Å². The molecular formula is C11H20N2O3S2. The monoisotopic (exact) mass is 292 g/mol. The van der Waals surface area contributed by atoms with E-state index in [1.165, 1.54) is 11.3 Å². The minimum atomic E-state index is -3.36. The summed E-state index contributed by atoms with van der Waals surface area (Å²) in [5.41, 5.74) is 0. The third-order valence-corrected chi connectivity index (χ3v) is 5.25. The molecule has 0 saturated carbocycles. The second-order valence-electron chi connectivity index (χ2n) is 3.70. The molecule has 0 aromatic carbocycles. The number of sulfonamides is 1. The highest BCUT2D eigenvalue weighted by atomic mass is 32.2. The second kappa shape index (κ2) is 7.85. The fraction of sp³-hybridized carbons (Fsp3) is 0.636. The third kappa shape index (κ3) is 5.03. The molecule has 5 nitrogen and oxygen atoms in total. The number of ether oxygens (including phenoxy) is 1. The molecule has 0 bridgehead atoms. The van der Waals surface area contributed by atoms with Gasteiger partial charge in [0.25, 0.3) is 0 Å². The van der Waals surface area contributed by atoms with Crippen LogP contribution in [0.25, 0.3) is 0 Å². The van der Waals surface area contributed by atoms with Crippen LogP contribution in [0.15, 0.2) is 16.3 Å². The summed E-state index contributed by atoms with van der Waals surface area (Å²) in [6.45, 7) is 4.24. The summed E-state index contributed by atoms with van der Waals surface area (Å²) < 4.78 is 31.9. The van der Waals surface area contributed by atoms with Crippen molar-refractivity contribution in [2.24, 2.45) is 0 Å². The molecule has 0 radical (unpaired) electrons. The Bertz CT molecular complexity index is 443. The quantitative estimate of drug-likeness (QED) is 0.671. The van der Waals surface area contributed by atoms with Gasteiger partial charge in [-0.15, -0.1) is 11.3 Å². The molecule has 1 aromatic heterocycles. The van der Waals surface area contributed by atoms with E-state index in [1.807, 2.05) is 20.0 Å². The van der Waals surface area contributed by atoms with Gasteiger partial charge in [-0.3, -0.25) is 0 Å². The molecule has 0 atom stereocenters. The van der Waals surface area contributed by atoms with Crippen molar-refractivity contribution in [2.75, 3.05) is 26.8 Å². The lowest BCUT2D eigenvalue weighted by Crippen LogP contribution is -2.24. The van der Waals surface area contributed by atoms with Gasteiger partial charge < -0.3 is 10.1 Å². The van der Waals surface area contributed by atoms with Crippen molar-refractivity contribution >= 4 is 21.4 Å². The maximum atomic E-state index is 11.9. The molecular weight excluding hydrogens is 272 g/mol. The average Bonchev–Trinajstić information content (AvgIpc) is 2.79. The number of nitrogens with one attached hydrogen (secondary N) is 2. The highest BCUT2D eigenvalue weighted by molar-refractivity contribution is 7.91. The third-order valence-electron chi connectivity index (χ3n) is 2.21.